The molecule has 0 bridgehead atoms. The van der Waals surface area contributed by atoms with Crippen molar-refractivity contribution in [3.63, 3.8) is 0 Å². The summed E-state index contributed by atoms with van der Waals surface area (Å²) in [5, 5.41) is 0. The molecule has 1 saturated carbocycles. The summed E-state index contributed by atoms with van der Waals surface area (Å²) in [6.45, 7) is 4.08. The predicted molar refractivity (Wildman–Crippen MR) is 54.1 cm³/mol. The third kappa shape index (κ3) is 3.53. The van der Waals surface area contributed by atoms with Crippen molar-refractivity contribution in [2.45, 2.75) is 45.1 Å². The lowest BCUT2D eigenvalue weighted by Crippen LogP contribution is -2.51. The first-order valence-electron chi connectivity index (χ1n) is 4.83. The highest BCUT2D eigenvalue weighted by Crippen LogP contribution is 2.40. The summed E-state index contributed by atoms with van der Waals surface area (Å²) in [5.41, 5.74) is 5.06. The molecule has 0 aliphatic heterocycles. The molecular formula is C9H18FNO2S. The molecule has 0 heterocycles. The Morgan fingerprint density at radius 2 is 1.93 bits per heavy atom. The number of rotatable bonds is 2. The SMILES string of the molecule is CC1(C)CCCC(N)(CS(=O)(=O)F)C1. The van der Waals surface area contributed by atoms with Crippen LogP contribution in [0, 0.1) is 5.41 Å². The molecule has 1 fully saturated rings. The normalized spacial score (nSPS) is 32.9. The van der Waals surface area contributed by atoms with Gasteiger partial charge in [-0.2, -0.15) is 8.42 Å². The summed E-state index contributed by atoms with van der Waals surface area (Å²) in [6.07, 6.45) is 3.07. The van der Waals surface area contributed by atoms with E-state index in [1.54, 1.807) is 0 Å². The molecule has 0 aromatic rings. The first-order valence-corrected chi connectivity index (χ1v) is 6.39. The molecule has 1 rings (SSSR count). The number of halogens is 1. The van der Waals surface area contributed by atoms with Crippen molar-refractivity contribution in [1.29, 1.82) is 0 Å². The van der Waals surface area contributed by atoms with E-state index in [4.69, 9.17) is 5.73 Å². The van der Waals surface area contributed by atoms with Crippen molar-refractivity contribution in [2.24, 2.45) is 11.1 Å². The molecule has 0 radical (unpaired) electrons. The van der Waals surface area contributed by atoms with E-state index in [1.165, 1.54) is 0 Å². The molecule has 0 aromatic carbocycles. The zero-order valence-electron chi connectivity index (χ0n) is 8.72. The highest BCUT2D eigenvalue weighted by molar-refractivity contribution is 7.86. The van der Waals surface area contributed by atoms with Gasteiger partial charge in [0.1, 0.15) is 0 Å². The van der Waals surface area contributed by atoms with Gasteiger partial charge < -0.3 is 5.73 Å². The van der Waals surface area contributed by atoms with E-state index in [1.807, 2.05) is 13.8 Å². The van der Waals surface area contributed by atoms with Gasteiger partial charge in [-0.05, 0) is 24.7 Å². The summed E-state index contributed by atoms with van der Waals surface area (Å²) in [7, 11) is -4.46. The Hall–Kier alpha value is -0.160. The fraction of sp³-hybridized carbons (Fsp3) is 1.00. The standard InChI is InChI=1S/C9H18FNO2S/c1-8(2)4-3-5-9(11,6-8)7-14(10,12)13/h3-7,11H2,1-2H3. The molecular weight excluding hydrogens is 205 g/mol. The molecule has 1 atom stereocenters. The lowest BCUT2D eigenvalue weighted by Gasteiger charge is -2.41. The van der Waals surface area contributed by atoms with E-state index in [0.29, 0.717) is 12.8 Å². The Morgan fingerprint density at radius 1 is 1.36 bits per heavy atom. The highest BCUT2D eigenvalue weighted by Gasteiger charge is 2.40. The number of hydrogen-bond acceptors (Lipinski definition) is 3. The van der Waals surface area contributed by atoms with Crippen LogP contribution in [0.1, 0.15) is 39.5 Å². The Labute approximate surface area is 85.1 Å². The maximum absolute atomic E-state index is 12.6. The summed E-state index contributed by atoms with van der Waals surface area (Å²) in [5.74, 6) is -0.538. The lowest BCUT2D eigenvalue weighted by atomic mass is 9.69. The van der Waals surface area contributed by atoms with Gasteiger partial charge in [0.25, 0.3) is 0 Å². The van der Waals surface area contributed by atoms with Crippen LogP contribution < -0.4 is 5.73 Å². The van der Waals surface area contributed by atoms with Crippen LogP contribution in [0.2, 0.25) is 0 Å². The Balaban J connectivity index is 2.75. The summed E-state index contributed by atoms with van der Waals surface area (Å²) < 4.78 is 33.7. The minimum atomic E-state index is -4.46. The van der Waals surface area contributed by atoms with Crippen LogP contribution >= 0.6 is 0 Å². The molecule has 0 aromatic heterocycles. The topological polar surface area (TPSA) is 60.2 Å². The zero-order valence-corrected chi connectivity index (χ0v) is 9.53. The molecule has 0 spiro atoms. The van der Waals surface area contributed by atoms with Crippen LogP contribution in [0.25, 0.3) is 0 Å². The van der Waals surface area contributed by atoms with E-state index in [2.05, 4.69) is 0 Å². The van der Waals surface area contributed by atoms with Crippen LogP contribution in [-0.4, -0.2) is 19.7 Å². The maximum Gasteiger partial charge on any atom is 0.304 e. The number of hydrogen-bond donors (Lipinski definition) is 1. The van der Waals surface area contributed by atoms with Crippen molar-refractivity contribution in [3.8, 4) is 0 Å². The second-order valence-corrected chi connectivity index (χ2v) is 6.61. The second kappa shape index (κ2) is 3.45. The third-order valence-electron chi connectivity index (χ3n) is 2.82. The van der Waals surface area contributed by atoms with Crippen molar-refractivity contribution >= 4 is 10.2 Å². The fourth-order valence-corrected chi connectivity index (χ4v) is 3.45. The van der Waals surface area contributed by atoms with Gasteiger partial charge >= 0.3 is 10.2 Å². The van der Waals surface area contributed by atoms with Gasteiger partial charge in [0.05, 0.1) is 5.75 Å². The number of nitrogens with two attached hydrogens (primary N) is 1. The minimum Gasteiger partial charge on any atom is -0.324 e. The average Bonchev–Trinajstić information content (AvgIpc) is 1.75. The van der Waals surface area contributed by atoms with Crippen molar-refractivity contribution in [1.82, 2.24) is 0 Å². The van der Waals surface area contributed by atoms with Gasteiger partial charge in [0.15, 0.2) is 0 Å². The van der Waals surface area contributed by atoms with E-state index in [0.717, 1.165) is 12.8 Å². The molecule has 3 nitrogen and oxygen atoms in total. The van der Waals surface area contributed by atoms with Crippen LogP contribution in [0.5, 0.6) is 0 Å². The van der Waals surface area contributed by atoms with E-state index in [-0.39, 0.29) is 5.41 Å². The Bertz CT molecular complexity index is 313. The Morgan fingerprint density at radius 3 is 2.36 bits per heavy atom. The lowest BCUT2D eigenvalue weighted by molar-refractivity contribution is 0.165. The van der Waals surface area contributed by atoms with Crippen molar-refractivity contribution < 1.29 is 12.3 Å². The zero-order chi connectivity index (χ0) is 11.0. The fourth-order valence-electron chi connectivity index (χ4n) is 2.52. The maximum atomic E-state index is 12.6. The molecule has 1 aliphatic rings. The van der Waals surface area contributed by atoms with Crippen LogP contribution in [0.3, 0.4) is 0 Å². The molecule has 0 saturated heterocycles. The quantitative estimate of drug-likeness (QED) is 0.723. The predicted octanol–water partition coefficient (Wildman–Crippen LogP) is 1.58. The molecule has 84 valence electrons. The molecule has 14 heavy (non-hydrogen) atoms. The largest absolute Gasteiger partial charge is 0.324 e. The van der Waals surface area contributed by atoms with E-state index in [9.17, 15) is 12.3 Å². The first-order chi connectivity index (χ1) is 6.12. The van der Waals surface area contributed by atoms with Crippen LogP contribution in [0.15, 0.2) is 0 Å². The van der Waals surface area contributed by atoms with Gasteiger partial charge in [0, 0.05) is 5.54 Å². The smallest absolute Gasteiger partial charge is 0.304 e. The second-order valence-electron chi connectivity index (χ2n) is 5.24. The molecule has 0 amide bonds. The van der Waals surface area contributed by atoms with Gasteiger partial charge in [0.2, 0.25) is 0 Å². The minimum absolute atomic E-state index is 0.0255. The van der Waals surface area contributed by atoms with Crippen molar-refractivity contribution in [2.75, 3.05) is 5.75 Å². The van der Waals surface area contributed by atoms with Gasteiger partial charge in [-0.15, -0.1) is 3.89 Å². The van der Waals surface area contributed by atoms with E-state index < -0.39 is 21.5 Å². The monoisotopic (exact) mass is 223 g/mol. The summed E-state index contributed by atoms with van der Waals surface area (Å²) in [6, 6.07) is 0. The highest BCUT2D eigenvalue weighted by atomic mass is 32.3. The van der Waals surface area contributed by atoms with Crippen molar-refractivity contribution in [3.05, 3.63) is 0 Å². The molecule has 5 heteroatoms. The third-order valence-corrected chi connectivity index (χ3v) is 3.74. The summed E-state index contributed by atoms with van der Waals surface area (Å²) >= 11 is 0. The summed E-state index contributed by atoms with van der Waals surface area (Å²) in [4.78, 5) is 0. The average molecular weight is 223 g/mol. The van der Waals surface area contributed by atoms with Gasteiger partial charge in [-0.3, -0.25) is 0 Å². The van der Waals surface area contributed by atoms with Gasteiger partial charge in [-0.25, -0.2) is 0 Å². The molecule has 2 N–H and O–H groups in total. The van der Waals surface area contributed by atoms with Crippen LogP contribution in [0.4, 0.5) is 3.89 Å². The Kier molecular flexibility index (Phi) is 2.94. The van der Waals surface area contributed by atoms with Crippen LogP contribution in [-0.2, 0) is 10.2 Å². The van der Waals surface area contributed by atoms with Gasteiger partial charge in [-0.1, -0.05) is 20.3 Å². The molecule has 1 aliphatic carbocycles. The van der Waals surface area contributed by atoms with E-state index >= 15 is 0 Å². The first kappa shape index (κ1) is 11.9. The molecule has 1 unspecified atom stereocenters.